The van der Waals surface area contributed by atoms with Crippen LogP contribution in [0.1, 0.15) is 21.5 Å². The highest BCUT2D eigenvalue weighted by atomic mass is 19.4. The number of carbonyl (C=O) groups is 1. The monoisotopic (exact) mass is 465 g/mol. The van der Waals surface area contributed by atoms with Crippen molar-refractivity contribution in [2.75, 3.05) is 6.54 Å². The zero-order valence-corrected chi connectivity index (χ0v) is 16.0. The van der Waals surface area contributed by atoms with E-state index in [1.165, 1.54) is 19.1 Å². The van der Waals surface area contributed by atoms with Crippen LogP contribution in [0.25, 0.3) is 16.8 Å². The number of aromatic amines is 1. The lowest BCUT2D eigenvalue weighted by Crippen LogP contribution is -2.41. The zero-order valence-electron chi connectivity index (χ0n) is 16.0. The largest absolute Gasteiger partial charge is 0.419 e. The van der Waals surface area contributed by atoms with E-state index in [4.69, 9.17) is 5.11 Å². The Morgan fingerprint density at radius 1 is 1.19 bits per heavy atom. The number of fused-ring (bicyclic) bond motifs is 1. The molecule has 0 aliphatic rings. The van der Waals surface area contributed by atoms with Gasteiger partial charge in [0.1, 0.15) is 11.3 Å². The number of H-pyrrole nitrogens is 1. The predicted octanol–water partition coefficient (Wildman–Crippen LogP) is 3.41. The second-order valence-corrected chi connectivity index (χ2v) is 6.90. The fourth-order valence-corrected chi connectivity index (χ4v) is 2.98. The maximum absolute atomic E-state index is 13.8. The summed E-state index contributed by atoms with van der Waals surface area (Å²) in [6.07, 6.45) is -11.7. The lowest BCUT2D eigenvalue weighted by Gasteiger charge is -2.15. The lowest BCUT2D eigenvalue weighted by molar-refractivity contribution is -0.201. The molecule has 0 saturated carbocycles. The van der Waals surface area contributed by atoms with Gasteiger partial charge in [-0.3, -0.25) is 9.59 Å². The summed E-state index contributed by atoms with van der Waals surface area (Å²) in [5, 5.41) is 10.5. The van der Waals surface area contributed by atoms with Crippen LogP contribution >= 0.6 is 0 Å². The van der Waals surface area contributed by atoms with E-state index in [9.17, 15) is 40.3 Å². The van der Waals surface area contributed by atoms with Gasteiger partial charge in [0.05, 0.1) is 23.4 Å². The lowest BCUT2D eigenvalue weighted by atomic mass is 10.1. The summed E-state index contributed by atoms with van der Waals surface area (Å²) in [4.78, 5) is 26.8. The van der Waals surface area contributed by atoms with Crippen LogP contribution in [0.3, 0.4) is 0 Å². The Morgan fingerprint density at radius 3 is 2.41 bits per heavy atom. The van der Waals surface area contributed by atoms with Crippen molar-refractivity contribution >= 4 is 11.4 Å². The molecule has 1 atom stereocenters. The number of carbonyl (C=O) groups excluding carboxylic acids is 1. The summed E-state index contributed by atoms with van der Waals surface area (Å²) >= 11 is 0. The molecule has 0 aliphatic carbocycles. The molecule has 1 amide bonds. The van der Waals surface area contributed by atoms with Crippen LogP contribution in [0.15, 0.2) is 35.4 Å². The van der Waals surface area contributed by atoms with Crippen molar-refractivity contribution in [3.8, 4) is 11.3 Å². The summed E-state index contributed by atoms with van der Waals surface area (Å²) in [6, 6.07) is 3.84. The summed E-state index contributed by atoms with van der Waals surface area (Å²) in [5.41, 5.74) is -4.67. The van der Waals surface area contributed by atoms with E-state index in [2.05, 4.69) is 4.98 Å². The Labute approximate surface area is 174 Å². The summed E-state index contributed by atoms with van der Waals surface area (Å²) in [6.45, 7) is 0.0866. The van der Waals surface area contributed by atoms with Crippen molar-refractivity contribution in [2.45, 2.75) is 25.4 Å². The molecule has 3 aromatic rings. The highest BCUT2D eigenvalue weighted by molar-refractivity contribution is 5.98. The van der Waals surface area contributed by atoms with E-state index in [0.717, 1.165) is 12.3 Å². The summed E-state index contributed by atoms with van der Waals surface area (Å²) in [7, 11) is 0. The fourth-order valence-electron chi connectivity index (χ4n) is 2.98. The first-order chi connectivity index (χ1) is 14.7. The molecule has 32 heavy (non-hydrogen) atoms. The highest BCUT2D eigenvalue weighted by Crippen LogP contribution is 2.35. The van der Waals surface area contributed by atoms with Gasteiger partial charge in [0.25, 0.3) is 11.5 Å². The molecule has 1 aromatic carbocycles. The minimum atomic E-state index is -5.21. The van der Waals surface area contributed by atoms with E-state index in [0.29, 0.717) is 10.6 Å². The average molecular weight is 465 g/mol. The molecule has 0 bridgehead atoms. The molecule has 2 aromatic heterocycles. The molecule has 1 unspecified atom stereocenters. The van der Waals surface area contributed by atoms with Crippen LogP contribution in [-0.4, -0.2) is 39.2 Å². The molecule has 0 aliphatic heterocycles. The van der Waals surface area contributed by atoms with Gasteiger partial charge in [0.15, 0.2) is 6.10 Å². The number of amides is 1. The first kappa shape index (κ1) is 23.3. The predicted molar refractivity (Wildman–Crippen MR) is 97.5 cm³/mol. The first-order valence-electron chi connectivity index (χ1n) is 8.85. The molecule has 6 nitrogen and oxygen atoms in total. The van der Waals surface area contributed by atoms with Gasteiger partial charge in [-0.2, -0.15) is 26.3 Å². The molecule has 172 valence electrons. The fraction of sp³-hybridized carbons (Fsp3) is 0.263. The maximum atomic E-state index is 13.8. The average Bonchev–Trinajstić information content (AvgIpc) is 3.08. The number of nitrogens with zero attached hydrogens (tertiary/aromatic N) is 1. The van der Waals surface area contributed by atoms with Gasteiger partial charge >= 0.3 is 12.4 Å². The Kier molecular flexibility index (Phi) is 5.80. The molecular formula is C19H14F7N3O3. The summed E-state index contributed by atoms with van der Waals surface area (Å²) < 4.78 is 92.6. The molecule has 3 N–H and O–H groups in total. The Morgan fingerprint density at radius 2 is 1.84 bits per heavy atom. The van der Waals surface area contributed by atoms with Crippen molar-refractivity contribution in [1.82, 2.24) is 14.7 Å². The van der Waals surface area contributed by atoms with Crippen molar-refractivity contribution in [3.05, 3.63) is 63.5 Å². The minimum absolute atomic E-state index is 0.0652. The highest BCUT2D eigenvalue weighted by Gasteiger charge is 2.41. The minimum Gasteiger partial charge on any atom is -0.382 e. The standard InChI is InChI=1S/C19H14F7N3O3/c1-8-2-3-9(4-11(8)20)12-7-29-6-10(16(31)27-5-13(30)18(21,22)23)14(19(24,25)26)15(29)17(32)28-12/h2-4,6-7,13,30H,5H2,1H3,(H,27,31)(H,28,32). The van der Waals surface area contributed by atoms with Gasteiger partial charge in [-0.25, -0.2) is 4.39 Å². The van der Waals surface area contributed by atoms with Gasteiger partial charge < -0.3 is 19.8 Å². The molecule has 0 fully saturated rings. The first-order valence-corrected chi connectivity index (χ1v) is 8.85. The molecule has 3 rings (SSSR count). The number of halogens is 7. The van der Waals surface area contributed by atoms with E-state index in [1.807, 2.05) is 0 Å². The quantitative estimate of drug-likeness (QED) is 0.517. The number of aryl methyl sites for hydroxylation is 1. The molecular weight excluding hydrogens is 451 g/mol. The Balaban J connectivity index is 2.11. The SMILES string of the molecule is Cc1ccc(-c2cn3cc(C(=O)NCC(O)C(F)(F)F)c(C(F)(F)F)c3c(=O)[nH]2)cc1F. The number of rotatable bonds is 4. The van der Waals surface area contributed by atoms with Crippen LogP contribution in [-0.2, 0) is 6.18 Å². The van der Waals surface area contributed by atoms with Gasteiger partial charge in [0, 0.05) is 18.0 Å². The molecule has 0 spiro atoms. The van der Waals surface area contributed by atoms with Gasteiger partial charge in [-0.15, -0.1) is 0 Å². The molecule has 0 radical (unpaired) electrons. The van der Waals surface area contributed by atoms with E-state index < -0.39 is 58.9 Å². The molecule has 13 heteroatoms. The third-order valence-corrected chi connectivity index (χ3v) is 4.61. The zero-order chi connectivity index (χ0) is 24.0. The number of aliphatic hydroxyl groups is 1. The Bertz CT molecular complexity index is 1240. The van der Waals surface area contributed by atoms with Crippen molar-refractivity contribution in [1.29, 1.82) is 0 Å². The van der Waals surface area contributed by atoms with Gasteiger partial charge in [-0.05, 0) is 18.6 Å². The number of hydrogen-bond donors (Lipinski definition) is 3. The Hall–Kier alpha value is -3.35. The number of benzene rings is 1. The van der Waals surface area contributed by atoms with Crippen LogP contribution in [0.4, 0.5) is 30.7 Å². The van der Waals surface area contributed by atoms with E-state index in [1.54, 1.807) is 5.32 Å². The van der Waals surface area contributed by atoms with Crippen molar-refractivity contribution in [2.24, 2.45) is 0 Å². The molecule has 0 saturated heterocycles. The third kappa shape index (κ3) is 4.47. The maximum Gasteiger partial charge on any atom is 0.419 e. The van der Waals surface area contributed by atoms with Crippen LogP contribution < -0.4 is 10.9 Å². The number of nitrogens with one attached hydrogen (secondary N) is 2. The van der Waals surface area contributed by atoms with Crippen molar-refractivity contribution in [3.63, 3.8) is 0 Å². The van der Waals surface area contributed by atoms with Crippen LogP contribution in [0.2, 0.25) is 0 Å². The summed E-state index contributed by atoms with van der Waals surface area (Å²) in [5.74, 6) is -2.21. The number of hydrogen-bond acceptors (Lipinski definition) is 3. The normalized spacial score (nSPS) is 13.4. The number of aromatic nitrogens is 2. The second-order valence-electron chi connectivity index (χ2n) is 6.90. The molecule has 2 heterocycles. The van der Waals surface area contributed by atoms with Gasteiger partial charge in [0.2, 0.25) is 0 Å². The second kappa shape index (κ2) is 7.97. The number of alkyl halides is 6. The number of aliphatic hydroxyl groups excluding tert-OH is 1. The third-order valence-electron chi connectivity index (χ3n) is 4.61. The topological polar surface area (TPSA) is 86.6 Å². The van der Waals surface area contributed by atoms with Gasteiger partial charge in [-0.1, -0.05) is 12.1 Å². The van der Waals surface area contributed by atoms with Crippen molar-refractivity contribution < 1.29 is 40.6 Å². The van der Waals surface area contributed by atoms with Crippen LogP contribution in [0.5, 0.6) is 0 Å². The smallest absolute Gasteiger partial charge is 0.382 e. The van der Waals surface area contributed by atoms with Crippen LogP contribution in [0, 0.1) is 12.7 Å². The van der Waals surface area contributed by atoms with E-state index in [-0.39, 0.29) is 16.8 Å². The van der Waals surface area contributed by atoms with E-state index >= 15 is 0 Å².